The molecule has 0 saturated heterocycles. The van der Waals surface area contributed by atoms with E-state index in [4.69, 9.17) is 9.15 Å². The third kappa shape index (κ3) is 3.14. The van der Waals surface area contributed by atoms with Gasteiger partial charge in [0.25, 0.3) is 0 Å². The van der Waals surface area contributed by atoms with E-state index in [9.17, 15) is 4.79 Å². The maximum Gasteiger partial charge on any atom is 0.336 e. The lowest BCUT2D eigenvalue weighted by Gasteiger charge is -2.06. The van der Waals surface area contributed by atoms with Crippen LogP contribution in [0.3, 0.4) is 0 Å². The monoisotopic (exact) mass is 333 g/mol. The lowest BCUT2D eigenvalue weighted by atomic mass is 10.1. The van der Waals surface area contributed by atoms with Crippen molar-refractivity contribution in [2.45, 2.75) is 13.5 Å². The van der Waals surface area contributed by atoms with Crippen LogP contribution >= 0.6 is 0 Å². The zero-order valence-corrected chi connectivity index (χ0v) is 13.5. The van der Waals surface area contributed by atoms with E-state index in [1.54, 1.807) is 17.1 Å². The van der Waals surface area contributed by atoms with Crippen LogP contribution in [0.15, 0.2) is 70.0 Å². The van der Waals surface area contributed by atoms with Crippen molar-refractivity contribution in [1.82, 2.24) is 15.0 Å². The number of fused-ring (bicyclic) bond motifs is 1. The van der Waals surface area contributed by atoms with Crippen molar-refractivity contribution in [3.05, 3.63) is 82.5 Å². The Labute approximate surface area is 143 Å². The average Bonchev–Trinajstić information content (AvgIpc) is 3.09. The first-order valence-corrected chi connectivity index (χ1v) is 7.83. The van der Waals surface area contributed by atoms with E-state index in [0.717, 1.165) is 16.6 Å². The van der Waals surface area contributed by atoms with Gasteiger partial charge in [0.15, 0.2) is 0 Å². The van der Waals surface area contributed by atoms with Crippen LogP contribution in [0.25, 0.3) is 16.7 Å². The molecule has 0 spiro atoms. The molecule has 4 rings (SSSR count). The molecule has 2 aromatic heterocycles. The van der Waals surface area contributed by atoms with Crippen LogP contribution < -0.4 is 10.4 Å². The smallest absolute Gasteiger partial charge is 0.336 e. The number of para-hydroxylation sites is 1. The van der Waals surface area contributed by atoms with E-state index in [-0.39, 0.29) is 12.2 Å². The highest BCUT2D eigenvalue weighted by atomic mass is 16.5. The maximum absolute atomic E-state index is 11.5. The number of ether oxygens (including phenoxy) is 1. The number of aromatic nitrogens is 3. The summed E-state index contributed by atoms with van der Waals surface area (Å²) < 4.78 is 11.0. The van der Waals surface area contributed by atoms with Gasteiger partial charge >= 0.3 is 5.63 Å². The molecule has 0 fully saturated rings. The normalized spacial score (nSPS) is 10.9. The van der Waals surface area contributed by atoms with Crippen molar-refractivity contribution >= 4 is 11.0 Å². The molecule has 0 N–H and O–H groups in total. The summed E-state index contributed by atoms with van der Waals surface area (Å²) in [5.41, 5.74) is 2.61. The largest absolute Gasteiger partial charge is 0.487 e. The molecule has 0 radical (unpaired) electrons. The Hall–Kier alpha value is -3.41. The second kappa shape index (κ2) is 6.24. The van der Waals surface area contributed by atoms with Gasteiger partial charge in [-0.05, 0) is 36.8 Å². The van der Waals surface area contributed by atoms with Crippen LogP contribution in [0.5, 0.6) is 5.75 Å². The van der Waals surface area contributed by atoms with E-state index in [1.165, 1.54) is 6.07 Å². The third-order valence-corrected chi connectivity index (χ3v) is 3.84. The van der Waals surface area contributed by atoms with Gasteiger partial charge in [-0.3, -0.25) is 0 Å². The minimum Gasteiger partial charge on any atom is -0.487 e. The van der Waals surface area contributed by atoms with Crippen LogP contribution in [0.2, 0.25) is 0 Å². The molecule has 0 aliphatic heterocycles. The fourth-order valence-corrected chi connectivity index (χ4v) is 2.60. The molecule has 124 valence electrons. The molecule has 0 bridgehead atoms. The molecule has 0 aliphatic rings. The predicted octanol–water partition coefficient (Wildman–Crippen LogP) is 3.26. The number of nitrogens with zero attached hydrogens (tertiary/aromatic N) is 3. The number of benzene rings is 2. The van der Waals surface area contributed by atoms with Crippen LogP contribution in [0.1, 0.15) is 11.3 Å². The topological polar surface area (TPSA) is 70.2 Å². The molecular formula is C19H15N3O3. The number of hydrogen-bond donors (Lipinski definition) is 0. The van der Waals surface area contributed by atoms with Crippen LogP contribution in [0.4, 0.5) is 0 Å². The first-order valence-electron chi connectivity index (χ1n) is 7.83. The summed E-state index contributed by atoms with van der Waals surface area (Å²) >= 11 is 0. The molecular weight excluding hydrogens is 318 g/mol. The zero-order valence-electron chi connectivity index (χ0n) is 13.5. The lowest BCUT2D eigenvalue weighted by Crippen LogP contribution is -2.01. The van der Waals surface area contributed by atoms with Gasteiger partial charge in [0.2, 0.25) is 0 Å². The maximum atomic E-state index is 11.5. The van der Waals surface area contributed by atoms with Crippen molar-refractivity contribution in [3.63, 3.8) is 0 Å². The summed E-state index contributed by atoms with van der Waals surface area (Å²) in [7, 11) is 0. The van der Waals surface area contributed by atoms with E-state index < -0.39 is 0 Å². The quantitative estimate of drug-likeness (QED) is 0.536. The van der Waals surface area contributed by atoms with E-state index in [1.807, 2.05) is 49.4 Å². The summed E-state index contributed by atoms with van der Waals surface area (Å²) in [6.45, 7) is 2.15. The first-order chi connectivity index (χ1) is 12.2. The van der Waals surface area contributed by atoms with Crippen LogP contribution in [0, 0.1) is 6.92 Å². The minimum absolute atomic E-state index is 0.272. The van der Waals surface area contributed by atoms with Gasteiger partial charge in [0, 0.05) is 17.5 Å². The average molecular weight is 333 g/mol. The highest BCUT2D eigenvalue weighted by molar-refractivity contribution is 5.81. The zero-order chi connectivity index (χ0) is 17.2. The highest BCUT2D eigenvalue weighted by Gasteiger charge is 2.06. The summed E-state index contributed by atoms with van der Waals surface area (Å²) in [6, 6.07) is 16.6. The second-order valence-electron chi connectivity index (χ2n) is 5.66. The van der Waals surface area contributed by atoms with Gasteiger partial charge in [0.05, 0.1) is 11.9 Å². The van der Waals surface area contributed by atoms with Crippen LogP contribution in [-0.4, -0.2) is 15.0 Å². The summed E-state index contributed by atoms with van der Waals surface area (Å²) in [5, 5.41) is 9.52. The van der Waals surface area contributed by atoms with Gasteiger partial charge in [-0.15, -0.1) is 5.10 Å². The number of hydrogen-bond acceptors (Lipinski definition) is 5. The van der Waals surface area contributed by atoms with Crippen molar-refractivity contribution in [1.29, 1.82) is 0 Å². The fourth-order valence-electron chi connectivity index (χ4n) is 2.60. The Morgan fingerprint density at radius 1 is 1.12 bits per heavy atom. The number of aryl methyl sites for hydroxylation is 1. The second-order valence-corrected chi connectivity index (χ2v) is 5.66. The Morgan fingerprint density at radius 2 is 1.96 bits per heavy atom. The standard InChI is InChI=1S/C19H15N3O3/c1-13-9-19(23)25-18-10-16(7-8-17(13)18)24-12-14-11-20-22(21-14)15-5-3-2-4-6-15/h2-11H,12H2,1H3. The molecule has 0 amide bonds. The molecule has 0 saturated carbocycles. The molecule has 2 heterocycles. The summed E-state index contributed by atoms with van der Waals surface area (Å²) in [4.78, 5) is 13.1. The molecule has 0 atom stereocenters. The molecule has 6 heteroatoms. The first kappa shape index (κ1) is 15.1. The van der Waals surface area contributed by atoms with E-state index in [0.29, 0.717) is 17.0 Å². The Bertz CT molecular complexity index is 1080. The Kier molecular flexibility index (Phi) is 3.78. The lowest BCUT2D eigenvalue weighted by molar-refractivity contribution is 0.300. The van der Waals surface area contributed by atoms with Crippen molar-refractivity contribution < 1.29 is 9.15 Å². The number of rotatable bonds is 4. The van der Waals surface area contributed by atoms with Gasteiger partial charge in [-0.2, -0.15) is 9.90 Å². The molecule has 4 aromatic rings. The molecule has 25 heavy (non-hydrogen) atoms. The van der Waals surface area contributed by atoms with Crippen molar-refractivity contribution in [2.24, 2.45) is 0 Å². The molecule has 0 aliphatic carbocycles. The molecule has 6 nitrogen and oxygen atoms in total. The molecule has 2 aromatic carbocycles. The van der Waals surface area contributed by atoms with E-state index >= 15 is 0 Å². The highest BCUT2D eigenvalue weighted by Crippen LogP contribution is 2.22. The SMILES string of the molecule is Cc1cc(=O)oc2cc(OCc3cnn(-c4ccccc4)n3)ccc12. The summed E-state index contributed by atoms with van der Waals surface area (Å²) in [5.74, 6) is 0.607. The summed E-state index contributed by atoms with van der Waals surface area (Å²) in [6.07, 6.45) is 1.66. The van der Waals surface area contributed by atoms with Gasteiger partial charge in [0.1, 0.15) is 23.6 Å². The van der Waals surface area contributed by atoms with Gasteiger partial charge < -0.3 is 9.15 Å². The van der Waals surface area contributed by atoms with Crippen LogP contribution in [-0.2, 0) is 6.61 Å². The fraction of sp³-hybridized carbons (Fsp3) is 0.105. The van der Waals surface area contributed by atoms with Crippen molar-refractivity contribution in [3.8, 4) is 11.4 Å². The van der Waals surface area contributed by atoms with Gasteiger partial charge in [-0.25, -0.2) is 4.79 Å². The van der Waals surface area contributed by atoms with Gasteiger partial charge in [-0.1, -0.05) is 18.2 Å². The third-order valence-electron chi connectivity index (χ3n) is 3.84. The minimum atomic E-state index is -0.368. The van der Waals surface area contributed by atoms with Crippen molar-refractivity contribution in [2.75, 3.05) is 0 Å². The van der Waals surface area contributed by atoms with E-state index in [2.05, 4.69) is 10.2 Å². The molecule has 0 unspecified atom stereocenters. The Balaban J connectivity index is 1.53. The Morgan fingerprint density at radius 3 is 2.80 bits per heavy atom. The predicted molar refractivity (Wildman–Crippen MR) is 92.9 cm³/mol.